The van der Waals surface area contributed by atoms with Gasteiger partial charge in [-0.15, -0.1) is 0 Å². The summed E-state index contributed by atoms with van der Waals surface area (Å²) in [5.41, 5.74) is 2.37. The molecule has 1 aromatic rings. The molecule has 2 nitrogen and oxygen atoms in total. The molecule has 0 saturated heterocycles. The van der Waals surface area contributed by atoms with E-state index < -0.39 is 0 Å². The molecule has 0 heterocycles. The summed E-state index contributed by atoms with van der Waals surface area (Å²) in [4.78, 5) is 11.3. The molecule has 1 aromatic carbocycles. The Hall–Kier alpha value is -1.09. The largest absolute Gasteiger partial charge is 0.465 e. The van der Waals surface area contributed by atoms with E-state index in [-0.39, 0.29) is 5.97 Å². The van der Waals surface area contributed by atoms with Crippen LogP contribution in [0.3, 0.4) is 0 Å². The number of benzene rings is 1. The predicted molar refractivity (Wildman–Crippen MR) is 60.2 cm³/mol. The van der Waals surface area contributed by atoms with Gasteiger partial charge in [0.25, 0.3) is 0 Å². The number of carbonyl (C=O) groups is 1. The third-order valence-electron chi connectivity index (χ3n) is 1.81. The van der Waals surface area contributed by atoms with Crippen LogP contribution < -0.4 is 0 Å². The number of esters is 1. The zero-order valence-electron chi connectivity index (χ0n) is 8.13. The van der Waals surface area contributed by atoms with E-state index in [2.05, 4.69) is 27.2 Å². The van der Waals surface area contributed by atoms with Crippen molar-refractivity contribution in [1.82, 2.24) is 0 Å². The Morgan fingerprint density at radius 2 is 1.93 bits per heavy atom. The lowest BCUT2D eigenvalue weighted by molar-refractivity contribution is 0.0600. The Morgan fingerprint density at radius 3 is 2.43 bits per heavy atom. The lowest BCUT2D eigenvalue weighted by Gasteiger charge is -2.04. The molecular formula is C11H11BrO2. The Bertz CT molecular complexity index is 383. The summed E-state index contributed by atoms with van der Waals surface area (Å²) in [6.45, 7) is 5.71. The fourth-order valence-electron chi connectivity index (χ4n) is 1.07. The second-order valence-corrected chi connectivity index (χ2v) is 3.92. The van der Waals surface area contributed by atoms with E-state index in [1.54, 1.807) is 12.1 Å². The van der Waals surface area contributed by atoms with Gasteiger partial charge in [0.2, 0.25) is 0 Å². The number of ether oxygens (including phenoxy) is 1. The predicted octanol–water partition coefficient (Wildman–Crippen LogP) is 3.27. The minimum Gasteiger partial charge on any atom is -0.465 e. The minimum absolute atomic E-state index is 0.339. The van der Waals surface area contributed by atoms with Crippen LogP contribution >= 0.6 is 15.9 Å². The van der Waals surface area contributed by atoms with Gasteiger partial charge in [-0.1, -0.05) is 28.1 Å². The van der Waals surface area contributed by atoms with Crippen LogP contribution in [-0.2, 0) is 4.74 Å². The van der Waals surface area contributed by atoms with Gasteiger partial charge in [0, 0.05) is 4.47 Å². The fraction of sp³-hybridized carbons (Fsp3) is 0.182. The zero-order chi connectivity index (χ0) is 10.7. The van der Waals surface area contributed by atoms with Crippen molar-refractivity contribution in [3.63, 3.8) is 0 Å². The van der Waals surface area contributed by atoms with Crippen molar-refractivity contribution in [2.75, 3.05) is 7.11 Å². The first kappa shape index (κ1) is 11.0. The molecule has 14 heavy (non-hydrogen) atoms. The molecule has 0 amide bonds. The third kappa shape index (κ3) is 2.45. The topological polar surface area (TPSA) is 26.3 Å². The first-order valence-electron chi connectivity index (χ1n) is 4.09. The molecule has 0 radical (unpaired) electrons. The first-order chi connectivity index (χ1) is 6.54. The molecule has 0 bridgehead atoms. The molecule has 0 aliphatic heterocycles. The van der Waals surface area contributed by atoms with Crippen LogP contribution in [0.1, 0.15) is 22.8 Å². The van der Waals surface area contributed by atoms with Gasteiger partial charge in [0.15, 0.2) is 0 Å². The van der Waals surface area contributed by atoms with E-state index >= 15 is 0 Å². The maximum Gasteiger partial charge on any atom is 0.337 e. The second-order valence-electron chi connectivity index (χ2n) is 3.00. The van der Waals surface area contributed by atoms with Gasteiger partial charge in [-0.05, 0) is 30.7 Å². The lowest BCUT2D eigenvalue weighted by Crippen LogP contribution is -2.01. The monoisotopic (exact) mass is 254 g/mol. The Balaban J connectivity index is 3.20. The molecule has 0 unspecified atom stereocenters. The van der Waals surface area contributed by atoms with E-state index in [1.807, 2.05) is 13.0 Å². The van der Waals surface area contributed by atoms with Crippen LogP contribution in [0, 0.1) is 0 Å². The van der Waals surface area contributed by atoms with Crippen LogP contribution in [0.25, 0.3) is 5.57 Å². The molecule has 0 spiro atoms. The van der Waals surface area contributed by atoms with Crippen molar-refractivity contribution in [2.45, 2.75) is 6.92 Å². The summed E-state index contributed by atoms with van der Waals surface area (Å²) in [6.07, 6.45) is 0. The van der Waals surface area contributed by atoms with Crippen molar-refractivity contribution in [3.05, 3.63) is 40.4 Å². The second kappa shape index (κ2) is 4.42. The normalized spacial score (nSPS) is 9.64. The first-order valence-corrected chi connectivity index (χ1v) is 4.88. The average molecular weight is 255 g/mol. The van der Waals surface area contributed by atoms with Crippen LogP contribution in [0.4, 0.5) is 0 Å². The van der Waals surface area contributed by atoms with Crippen molar-refractivity contribution < 1.29 is 9.53 Å². The molecule has 0 aromatic heterocycles. The quantitative estimate of drug-likeness (QED) is 0.758. The van der Waals surface area contributed by atoms with E-state index in [1.165, 1.54) is 7.11 Å². The Morgan fingerprint density at radius 1 is 1.36 bits per heavy atom. The van der Waals surface area contributed by atoms with Crippen molar-refractivity contribution in [1.29, 1.82) is 0 Å². The average Bonchev–Trinajstić information content (AvgIpc) is 2.15. The van der Waals surface area contributed by atoms with Crippen LogP contribution in [-0.4, -0.2) is 13.1 Å². The smallest absolute Gasteiger partial charge is 0.337 e. The van der Waals surface area contributed by atoms with Crippen LogP contribution in [0.15, 0.2) is 29.3 Å². The van der Waals surface area contributed by atoms with E-state index in [9.17, 15) is 4.79 Å². The maximum atomic E-state index is 11.3. The summed E-state index contributed by atoms with van der Waals surface area (Å²) in [7, 11) is 1.36. The molecular weight excluding hydrogens is 244 g/mol. The Labute approximate surface area is 91.7 Å². The van der Waals surface area contributed by atoms with Gasteiger partial charge >= 0.3 is 5.97 Å². The molecule has 0 N–H and O–H groups in total. The van der Waals surface area contributed by atoms with Crippen LogP contribution in [0.2, 0.25) is 0 Å². The minimum atomic E-state index is -0.339. The summed E-state index contributed by atoms with van der Waals surface area (Å²) < 4.78 is 5.48. The van der Waals surface area contributed by atoms with E-state index in [0.717, 1.165) is 15.6 Å². The van der Waals surface area contributed by atoms with Gasteiger partial charge in [-0.3, -0.25) is 0 Å². The van der Waals surface area contributed by atoms with Gasteiger partial charge in [-0.25, -0.2) is 4.79 Å². The molecule has 74 valence electrons. The number of rotatable bonds is 2. The molecule has 0 aliphatic carbocycles. The molecule has 0 atom stereocenters. The molecule has 0 saturated carbocycles. The highest BCUT2D eigenvalue weighted by molar-refractivity contribution is 9.10. The number of halogens is 1. The van der Waals surface area contributed by atoms with Crippen molar-refractivity contribution >= 4 is 27.5 Å². The van der Waals surface area contributed by atoms with Gasteiger partial charge < -0.3 is 4.74 Å². The maximum absolute atomic E-state index is 11.3. The number of hydrogen-bond donors (Lipinski definition) is 0. The van der Waals surface area contributed by atoms with E-state index in [0.29, 0.717) is 5.56 Å². The van der Waals surface area contributed by atoms with E-state index in [4.69, 9.17) is 0 Å². The summed E-state index contributed by atoms with van der Waals surface area (Å²) in [6, 6.07) is 5.39. The number of allylic oxidation sites excluding steroid dienone is 1. The summed E-state index contributed by atoms with van der Waals surface area (Å²) in [5.74, 6) is -0.339. The molecule has 3 heteroatoms. The Kier molecular flexibility index (Phi) is 3.47. The van der Waals surface area contributed by atoms with Crippen molar-refractivity contribution in [3.8, 4) is 0 Å². The molecule has 1 rings (SSSR count). The number of carbonyl (C=O) groups excluding carboxylic acids is 1. The van der Waals surface area contributed by atoms with Crippen LogP contribution in [0.5, 0.6) is 0 Å². The van der Waals surface area contributed by atoms with Crippen molar-refractivity contribution in [2.24, 2.45) is 0 Å². The molecule has 0 fully saturated rings. The number of hydrogen-bond acceptors (Lipinski definition) is 2. The SMILES string of the molecule is C=C(C)c1cc(Br)cc(C(=O)OC)c1. The highest BCUT2D eigenvalue weighted by Crippen LogP contribution is 2.20. The molecule has 0 aliphatic rings. The van der Waals surface area contributed by atoms with Gasteiger partial charge in [-0.2, -0.15) is 0 Å². The zero-order valence-corrected chi connectivity index (χ0v) is 9.72. The fourth-order valence-corrected chi connectivity index (χ4v) is 1.56. The lowest BCUT2D eigenvalue weighted by atomic mass is 10.1. The summed E-state index contributed by atoms with van der Waals surface area (Å²) >= 11 is 3.33. The third-order valence-corrected chi connectivity index (χ3v) is 2.27. The highest BCUT2D eigenvalue weighted by Gasteiger charge is 2.07. The van der Waals surface area contributed by atoms with Gasteiger partial charge in [0.05, 0.1) is 12.7 Å². The standard InChI is InChI=1S/C11H11BrO2/c1-7(2)8-4-9(11(13)14-3)6-10(12)5-8/h4-6H,1H2,2-3H3. The number of methoxy groups -OCH3 is 1. The summed E-state index contributed by atoms with van der Waals surface area (Å²) in [5, 5.41) is 0. The highest BCUT2D eigenvalue weighted by atomic mass is 79.9. The van der Waals surface area contributed by atoms with Gasteiger partial charge in [0.1, 0.15) is 0 Å².